The number of nitrogens with one attached hydrogen (secondary N) is 1. The van der Waals surface area contributed by atoms with Gasteiger partial charge in [-0.3, -0.25) is 4.79 Å². The normalized spacial score (nSPS) is 22.8. The van der Waals surface area contributed by atoms with Crippen molar-refractivity contribution in [3.63, 3.8) is 0 Å². The Morgan fingerprint density at radius 3 is 2.57 bits per heavy atom. The third-order valence-electron chi connectivity index (χ3n) is 3.48. The predicted molar refractivity (Wildman–Crippen MR) is 54.8 cm³/mol. The summed E-state index contributed by atoms with van der Waals surface area (Å²) in [5, 5.41) is 3.20. The van der Waals surface area contributed by atoms with Gasteiger partial charge in [-0.25, -0.2) is 0 Å². The molecule has 82 valence electrons. The fraction of sp³-hybridized carbons (Fsp3) is 0.900. The molecule has 1 amide bonds. The Bertz CT molecular complexity index is 226. The highest BCUT2D eigenvalue weighted by Gasteiger charge is 2.56. The van der Waals surface area contributed by atoms with Crippen molar-refractivity contribution in [2.45, 2.75) is 32.2 Å². The molecule has 0 aliphatic heterocycles. The number of primary amides is 1. The van der Waals surface area contributed by atoms with Crippen LogP contribution < -0.4 is 11.1 Å². The summed E-state index contributed by atoms with van der Waals surface area (Å²) in [6.07, 6.45) is 2.12. The van der Waals surface area contributed by atoms with Crippen molar-refractivity contribution < 1.29 is 9.53 Å². The number of amides is 1. The van der Waals surface area contributed by atoms with E-state index in [2.05, 4.69) is 12.2 Å². The van der Waals surface area contributed by atoms with Crippen LogP contribution in [0.25, 0.3) is 0 Å². The maximum absolute atomic E-state index is 11.4. The molecule has 0 spiro atoms. The fourth-order valence-corrected chi connectivity index (χ4v) is 1.69. The number of hydrogen-bond donors (Lipinski definition) is 2. The van der Waals surface area contributed by atoms with E-state index in [4.69, 9.17) is 10.5 Å². The molecule has 4 nitrogen and oxygen atoms in total. The van der Waals surface area contributed by atoms with E-state index in [9.17, 15) is 4.79 Å². The van der Waals surface area contributed by atoms with Gasteiger partial charge >= 0.3 is 0 Å². The molecular weight excluding hydrogens is 180 g/mol. The van der Waals surface area contributed by atoms with E-state index in [1.54, 1.807) is 7.11 Å². The van der Waals surface area contributed by atoms with Crippen LogP contribution in [0.4, 0.5) is 0 Å². The Labute approximate surface area is 85.2 Å². The molecule has 1 atom stereocenters. The molecule has 0 heterocycles. The van der Waals surface area contributed by atoms with Crippen molar-refractivity contribution in [1.29, 1.82) is 0 Å². The third kappa shape index (κ3) is 1.91. The van der Waals surface area contributed by atoms with Gasteiger partial charge in [0.1, 0.15) is 5.54 Å². The van der Waals surface area contributed by atoms with Crippen molar-refractivity contribution in [3.05, 3.63) is 0 Å². The number of carbonyl (C=O) groups excluding carboxylic acids is 1. The number of hydrogen-bond acceptors (Lipinski definition) is 3. The van der Waals surface area contributed by atoms with E-state index in [0.29, 0.717) is 13.2 Å². The molecule has 1 unspecified atom stereocenters. The number of carbonyl (C=O) groups is 1. The van der Waals surface area contributed by atoms with E-state index in [1.807, 2.05) is 6.92 Å². The van der Waals surface area contributed by atoms with E-state index < -0.39 is 5.54 Å². The van der Waals surface area contributed by atoms with Gasteiger partial charge in [-0.2, -0.15) is 0 Å². The molecule has 1 aliphatic rings. The van der Waals surface area contributed by atoms with Crippen LogP contribution in [0.2, 0.25) is 0 Å². The van der Waals surface area contributed by atoms with Crippen molar-refractivity contribution in [3.8, 4) is 0 Å². The summed E-state index contributed by atoms with van der Waals surface area (Å²) in [5.41, 5.74) is 4.88. The van der Waals surface area contributed by atoms with Crippen LogP contribution in [0.5, 0.6) is 0 Å². The molecule has 1 rings (SSSR count). The van der Waals surface area contributed by atoms with Crippen LogP contribution in [-0.2, 0) is 9.53 Å². The molecule has 1 aliphatic carbocycles. The standard InChI is InChI=1S/C10H20N2O2/c1-9(4-5-9)10(2,8(11)13)12-6-7-14-3/h12H,4-7H2,1-3H3,(H2,11,13). The molecule has 1 saturated carbocycles. The average molecular weight is 200 g/mol. The third-order valence-corrected chi connectivity index (χ3v) is 3.48. The number of nitrogens with two attached hydrogens (primary N) is 1. The first kappa shape index (κ1) is 11.5. The minimum absolute atomic E-state index is 0.0343. The predicted octanol–water partition coefficient (Wildman–Crippen LogP) is 0.267. The second-order valence-electron chi connectivity index (χ2n) is 4.47. The van der Waals surface area contributed by atoms with Crippen LogP contribution in [0.3, 0.4) is 0 Å². The number of ether oxygens (including phenoxy) is 1. The maximum Gasteiger partial charge on any atom is 0.238 e. The lowest BCUT2D eigenvalue weighted by atomic mass is 9.83. The molecule has 1 fully saturated rings. The smallest absolute Gasteiger partial charge is 0.238 e. The van der Waals surface area contributed by atoms with Gasteiger partial charge in [0, 0.05) is 13.7 Å². The first-order valence-electron chi connectivity index (χ1n) is 5.00. The van der Waals surface area contributed by atoms with E-state index >= 15 is 0 Å². The van der Waals surface area contributed by atoms with Gasteiger partial charge < -0.3 is 15.8 Å². The summed E-state index contributed by atoms with van der Waals surface area (Å²) in [4.78, 5) is 11.4. The molecule has 0 aromatic rings. The molecule has 4 heteroatoms. The van der Waals surface area contributed by atoms with Crippen LogP contribution in [0.1, 0.15) is 26.7 Å². The van der Waals surface area contributed by atoms with E-state index in [0.717, 1.165) is 12.8 Å². The average Bonchev–Trinajstić information content (AvgIpc) is 2.85. The first-order valence-corrected chi connectivity index (χ1v) is 5.00. The van der Waals surface area contributed by atoms with Crippen LogP contribution in [0.15, 0.2) is 0 Å². The topological polar surface area (TPSA) is 64.3 Å². The second kappa shape index (κ2) is 3.87. The maximum atomic E-state index is 11.4. The summed E-state index contributed by atoms with van der Waals surface area (Å²) < 4.78 is 4.94. The SMILES string of the molecule is COCCNC(C)(C(N)=O)C1(C)CC1. The lowest BCUT2D eigenvalue weighted by Crippen LogP contribution is -2.59. The molecular formula is C10H20N2O2. The highest BCUT2D eigenvalue weighted by atomic mass is 16.5. The molecule has 0 radical (unpaired) electrons. The highest BCUT2D eigenvalue weighted by Crippen LogP contribution is 2.53. The fourth-order valence-electron chi connectivity index (χ4n) is 1.69. The van der Waals surface area contributed by atoms with Gasteiger partial charge in [0.05, 0.1) is 6.61 Å². The summed E-state index contributed by atoms with van der Waals surface area (Å²) in [7, 11) is 1.64. The zero-order chi connectivity index (χ0) is 10.8. The monoisotopic (exact) mass is 200 g/mol. The zero-order valence-electron chi connectivity index (χ0n) is 9.22. The lowest BCUT2D eigenvalue weighted by Gasteiger charge is -2.34. The Morgan fingerprint density at radius 2 is 2.21 bits per heavy atom. The molecule has 14 heavy (non-hydrogen) atoms. The van der Waals surface area contributed by atoms with Crippen molar-refractivity contribution in [2.75, 3.05) is 20.3 Å². The molecule has 0 aromatic carbocycles. The van der Waals surface area contributed by atoms with Gasteiger partial charge in [-0.1, -0.05) is 6.92 Å². The number of methoxy groups -OCH3 is 1. The Morgan fingerprint density at radius 1 is 1.64 bits per heavy atom. The highest BCUT2D eigenvalue weighted by molar-refractivity contribution is 5.85. The summed E-state index contributed by atoms with van der Waals surface area (Å²) >= 11 is 0. The van der Waals surface area contributed by atoms with E-state index in [1.165, 1.54) is 0 Å². The molecule has 3 N–H and O–H groups in total. The molecule has 0 bridgehead atoms. The first-order chi connectivity index (χ1) is 6.46. The van der Waals surface area contributed by atoms with Crippen LogP contribution in [0, 0.1) is 5.41 Å². The van der Waals surface area contributed by atoms with Crippen molar-refractivity contribution in [2.24, 2.45) is 11.1 Å². The Balaban J connectivity index is 2.58. The zero-order valence-corrected chi connectivity index (χ0v) is 9.22. The number of rotatable bonds is 6. The van der Waals surface area contributed by atoms with Gasteiger partial charge in [-0.15, -0.1) is 0 Å². The summed E-state index contributed by atoms with van der Waals surface area (Å²) in [6, 6.07) is 0. The minimum Gasteiger partial charge on any atom is -0.383 e. The Hall–Kier alpha value is -0.610. The van der Waals surface area contributed by atoms with Crippen molar-refractivity contribution in [1.82, 2.24) is 5.32 Å². The lowest BCUT2D eigenvalue weighted by molar-refractivity contribution is -0.126. The van der Waals surface area contributed by atoms with Gasteiger partial charge in [-0.05, 0) is 25.2 Å². The van der Waals surface area contributed by atoms with Crippen molar-refractivity contribution >= 4 is 5.91 Å². The Kier molecular flexibility index (Phi) is 3.17. The summed E-state index contributed by atoms with van der Waals surface area (Å²) in [5.74, 6) is -0.270. The second-order valence-corrected chi connectivity index (χ2v) is 4.47. The van der Waals surface area contributed by atoms with Gasteiger partial charge in [0.25, 0.3) is 0 Å². The summed E-state index contributed by atoms with van der Waals surface area (Å²) in [6.45, 7) is 5.24. The van der Waals surface area contributed by atoms with Crippen LogP contribution >= 0.6 is 0 Å². The van der Waals surface area contributed by atoms with Gasteiger partial charge in [0.2, 0.25) is 5.91 Å². The minimum atomic E-state index is -0.592. The largest absolute Gasteiger partial charge is 0.383 e. The van der Waals surface area contributed by atoms with Crippen LogP contribution in [-0.4, -0.2) is 31.7 Å². The molecule has 0 saturated heterocycles. The van der Waals surface area contributed by atoms with Gasteiger partial charge in [0.15, 0.2) is 0 Å². The quantitative estimate of drug-likeness (QED) is 0.605. The molecule has 0 aromatic heterocycles. The van der Waals surface area contributed by atoms with E-state index in [-0.39, 0.29) is 11.3 Å².